The lowest BCUT2D eigenvalue weighted by molar-refractivity contribution is -0.154. The van der Waals surface area contributed by atoms with Crippen molar-refractivity contribution >= 4 is 51.7 Å². The van der Waals surface area contributed by atoms with E-state index in [-0.39, 0.29) is 22.2 Å². The van der Waals surface area contributed by atoms with Crippen LogP contribution in [0.1, 0.15) is 36.3 Å². The predicted molar refractivity (Wildman–Crippen MR) is 162 cm³/mol. The molecule has 3 aromatic rings. The van der Waals surface area contributed by atoms with E-state index in [2.05, 4.69) is 15.5 Å². The molecule has 2 atom stereocenters. The van der Waals surface area contributed by atoms with Crippen molar-refractivity contribution in [2.45, 2.75) is 30.9 Å². The summed E-state index contributed by atoms with van der Waals surface area (Å²) in [5.74, 6) is -1.24. The summed E-state index contributed by atoms with van der Waals surface area (Å²) in [7, 11) is 1.31. The van der Waals surface area contributed by atoms with E-state index in [0.717, 1.165) is 28.9 Å². The molecule has 2 aromatic carbocycles. The van der Waals surface area contributed by atoms with E-state index in [1.54, 1.807) is 5.38 Å². The number of nitrogen functional groups attached to an aromatic ring is 1. The molecule has 2 amide bonds. The predicted octanol–water partition coefficient (Wildman–Crippen LogP) is 4.03. The van der Waals surface area contributed by atoms with Crippen LogP contribution in [0, 0.1) is 0 Å². The number of aromatic nitrogens is 1. The Balaban J connectivity index is 1.41. The number of nitrogens with two attached hydrogens (primary N) is 1. The fraction of sp³-hybridized carbons (Fsp3) is 0.233. The van der Waals surface area contributed by atoms with Gasteiger partial charge in [0.25, 0.3) is 11.8 Å². The minimum atomic E-state index is -0.890. The summed E-state index contributed by atoms with van der Waals surface area (Å²) in [5.41, 5.74) is 8.32. The van der Waals surface area contributed by atoms with Crippen LogP contribution in [-0.4, -0.2) is 57.7 Å². The molecular formula is C30H29N5O5S2. The summed E-state index contributed by atoms with van der Waals surface area (Å²) in [6, 6.07) is 18.0. The van der Waals surface area contributed by atoms with Crippen molar-refractivity contribution < 1.29 is 24.0 Å². The van der Waals surface area contributed by atoms with Gasteiger partial charge in [-0.1, -0.05) is 84.9 Å². The van der Waals surface area contributed by atoms with Crippen molar-refractivity contribution in [3.8, 4) is 0 Å². The number of fused-ring (bicyclic) bond motifs is 1. The number of hydrogen-bond acceptors (Lipinski definition) is 10. The maximum atomic E-state index is 13.9. The average molecular weight is 604 g/mol. The number of nitrogens with one attached hydrogen (secondary N) is 1. The second-order valence-corrected chi connectivity index (χ2v) is 11.3. The number of benzene rings is 2. The van der Waals surface area contributed by atoms with Gasteiger partial charge in [-0.3, -0.25) is 14.5 Å². The number of nitrogens with zero attached hydrogens (tertiary/aromatic N) is 3. The molecule has 2 unspecified atom stereocenters. The molecule has 0 saturated carbocycles. The molecule has 3 heterocycles. The zero-order chi connectivity index (χ0) is 29.6. The minimum Gasteiger partial charge on any atom is -0.448 e. The Hall–Kier alpha value is -4.42. The highest BCUT2D eigenvalue weighted by Crippen LogP contribution is 2.42. The molecule has 0 spiro atoms. The Kier molecular flexibility index (Phi) is 9.03. The first-order valence-corrected chi connectivity index (χ1v) is 15.1. The van der Waals surface area contributed by atoms with E-state index in [9.17, 15) is 14.4 Å². The number of β-lactam (4-membered cyclic amide) rings is 1. The standard InChI is InChI=1S/C30H29N5O5S2/c1-3-4-11-20-16-41-28-23(33-26(36)22(34-39-2)21-17-42-30(31)32-21)27(37)35(28)24(20)29(38)40-25(18-12-7-5-8-13-18)19-14-9-6-10-15-19/h4-15,17,23,25,28H,3,16H2,1-2H3,(H2,31,32)(H,33,36)/b11-4+,34-22-. The van der Waals surface area contributed by atoms with Gasteiger partial charge in [0.05, 0.1) is 0 Å². The Morgan fingerprint density at radius 3 is 2.40 bits per heavy atom. The minimum absolute atomic E-state index is 0.104. The second-order valence-electron chi connectivity index (χ2n) is 9.35. The number of ether oxygens (including phenoxy) is 1. The summed E-state index contributed by atoms with van der Waals surface area (Å²) in [6.45, 7) is 1.99. The van der Waals surface area contributed by atoms with Gasteiger partial charge in [-0.2, -0.15) is 0 Å². The van der Waals surface area contributed by atoms with Gasteiger partial charge in [-0.25, -0.2) is 9.78 Å². The van der Waals surface area contributed by atoms with Crippen molar-refractivity contribution in [2.24, 2.45) is 5.16 Å². The number of thiazole rings is 1. The molecule has 0 radical (unpaired) electrons. The van der Waals surface area contributed by atoms with E-state index in [4.69, 9.17) is 15.3 Å². The summed E-state index contributed by atoms with van der Waals surface area (Å²) < 4.78 is 6.14. The highest BCUT2D eigenvalue weighted by atomic mass is 32.2. The molecule has 42 heavy (non-hydrogen) atoms. The zero-order valence-corrected chi connectivity index (χ0v) is 24.6. The fourth-order valence-corrected chi connectivity index (χ4v) is 6.54. The quantitative estimate of drug-likeness (QED) is 0.153. The van der Waals surface area contributed by atoms with Crippen LogP contribution < -0.4 is 11.1 Å². The van der Waals surface area contributed by atoms with Gasteiger partial charge < -0.3 is 20.6 Å². The summed E-state index contributed by atoms with van der Waals surface area (Å²) in [6.07, 6.45) is 3.87. The van der Waals surface area contributed by atoms with Crippen LogP contribution in [0.2, 0.25) is 0 Å². The van der Waals surface area contributed by atoms with Crippen molar-refractivity contribution in [1.29, 1.82) is 0 Å². The zero-order valence-electron chi connectivity index (χ0n) is 22.9. The van der Waals surface area contributed by atoms with Gasteiger partial charge in [0.1, 0.15) is 29.9 Å². The summed E-state index contributed by atoms with van der Waals surface area (Å²) >= 11 is 2.60. The van der Waals surface area contributed by atoms with Crippen molar-refractivity contribution in [2.75, 3.05) is 18.6 Å². The normalized spacial score (nSPS) is 18.6. The first kappa shape index (κ1) is 29.1. The average Bonchev–Trinajstić information content (AvgIpc) is 3.45. The van der Waals surface area contributed by atoms with Gasteiger partial charge in [0.2, 0.25) is 0 Å². The third kappa shape index (κ3) is 5.95. The van der Waals surface area contributed by atoms with E-state index in [1.807, 2.05) is 79.7 Å². The van der Waals surface area contributed by atoms with Gasteiger partial charge in [0.15, 0.2) is 16.9 Å². The third-order valence-electron chi connectivity index (χ3n) is 6.62. The molecule has 2 aliphatic heterocycles. The van der Waals surface area contributed by atoms with Crippen molar-refractivity contribution in [3.63, 3.8) is 0 Å². The number of thioether (sulfide) groups is 1. The molecule has 1 fully saturated rings. The highest BCUT2D eigenvalue weighted by molar-refractivity contribution is 8.00. The Bertz CT molecular complexity index is 1510. The molecule has 2 aliphatic rings. The fourth-order valence-electron chi connectivity index (χ4n) is 4.67. The Labute approximate surface area is 251 Å². The number of carbonyl (C=O) groups is 3. The largest absolute Gasteiger partial charge is 0.448 e. The summed E-state index contributed by atoms with van der Waals surface area (Å²) in [5, 5.41) is 7.86. The number of carbonyl (C=O) groups excluding carboxylic acids is 3. The van der Waals surface area contributed by atoms with Gasteiger partial charge in [-0.05, 0) is 23.1 Å². The number of rotatable bonds is 10. The molecule has 0 aliphatic carbocycles. The second kappa shape index (κ2) is 13.0. The van der Waals surface area contributed by atoms with Crippen LogP contribution >= 0.6 is 23.1 Å². The highest BCUT2D eigenvalue weighted by Gasteiger charge is 2.54. The van der Waals surface area contributed by atoms with E-state index in [0.29, 0.717) is 11.3 Å². The molecule has 10 nitrogen and oxygen atoms in total. The Morgan fingerprint density at radius 2 is 1.83 bits per heavy atom. The van der Waals surface area contributed by atoms with E-state index < -0.39 is 35.3 Å². The topological polar surface area (TPSA) is 136 Å². The van der Waals surface area contributed by atoms with Crippen LogP contribution in [0.3, 0.4) is 0 Å². The van der Waals surface area contributed by atoms with Gasteiger partial charge in [-0.15, -0.1) is 23.1 Å². The third-order valence-corrected chi connectivity index (χ3v) is 8.60. The lowest BCUT2D eigenvalue weighted by Gasteiger charge is -2.49. The first-order chi connectivity index (χ1) is 20.4. The number of esters is 1. The number of anilines is 1. The van der Waals surface area contributed by atoms with Crippen LogP contribution in [0.25, 0.3) is 0 Å². The molecule has 216 valence electrons. The molecule has 1 saturated heterocycles. The van der Waals surface area contributed by atoms with Crippen molar-refractivity contribution in [3.05, 3.63) is 106 Å². The SMILES string of the molecule is CC/C=C/C1=C(C(=O)OC(c2ccccc2)c2ccccc2)N2C(=O)C(NC(=O)/C(=N\OC)c3csc(N)n3)C2SC1. The monoisotopic (exact) mass is 603 g/mol. The number of hydrogen-bond donors (Lipinski definition) is 2. The van der Waals surface area contributed by atoms with Gasteiger partial charge >= 0.3 is 5.97 Å². The molecular weight excluding hydrogens is 574 g/mol. The molecule has 12 heteroatoms. The molecule has 1 aromatic heterocycles. The molecule has 3 N–H and O–H groups in total. The summed E-state index contributed by atoms with van der Waals surface area (Å²) in [4.78, 5) is 51.0. The number of allylic oxidation sites excluding steroid dienone is 2. The maximum Gasteiger partial charge on any atom is 0.356 e. The maximum absolute atomic E-state index is 13.9. The van der Waals surface area contributed by atoms with Crippen LogP contribution in [0.5, 0.6) is 0 Å². The Morgan fingerprint density at radius 1 is 1.17 bits per heavy atom. The molecule has 5 rings (SSSR count). The lowest BCUT2D eigenvalue weighted by Crippen LogP contribution is -2.71. The van der Waals surface area contributed by atoms with Crippen LogP contribution in [0.15, 0.2) is 94.6 Å². The van der Waals surface area contributed by atoms with E-state index in [1.165, 1.54) is 23.8 Å². The van der Waals surface area contributed by atoms with Crippen molar-refractivity contribution in [1.82, 2.24) is 15.2 Å². The molecule has 0 bridgehead atoms. The van der Waals surface area contributed by atoms with Crippen LogP contribution in [-0.2, 0) is 24.0 Å². The number of amides is 2. The lowest BCUT2D eigenvalue weighted by atomic mass is 10.00. The first-order valence-electron chi connectivity index (χ1n) is 13.2. The smallest absolute Gasteiger partial charge is 0.356 e. The van der Waals surface area contributed by atoms with Crippen LogP contribution in [0.4, 0.5) is 5.13 Å². The van der Waals surface area contributed by atoms with Gasteiger partial charge in [0, 0.05) is 11.1 Å². The number of oxime groups is 1. The van der Waals surface area contributed by atoms with E-state index >= 15 is 0 Å².